The molecule has 1 aromatic heterocycles. The van der Waals surface area contributed by atoms with Gasteiger partial charge < -0.3 is 10.1 Å². The molecular weight excluding hydrogens is 287 g/mol. The van der Waals surface area contributed by atoms with Gasteiger partial charge in [-0.1, -0.05) is 18.5 Å². The third-order valence-electron chi connectivity index (χ3n) is 2.13. The van der Waals surface area contributed by atoms with Crippen LogP contribution in [-0.4, -0.2) is 25.9 Å². The van der Waals surface area contributed by atoms with E-state index in [-0.39, 0.29) is 12.6 Å². The van der Waals surface area contributed by atoms with E-state index in [1.807, 2.05) is 6.92 Å². The summed E-state index contributed by atoms with van der Waals surface area (Å²) in [6, 6.07) is 3.29. The largest absolute Gasteiger partial charge is 0.411 e. The van der Waals surface area contributed by atoms with Gasteiger partial charge in [-0.2, -0.15) is 13.2 Å². The van der Waals surface area contributed by atoms with Gasteiger partial charge in [0.05, 0.1) is 17.0 Å². The zero-order valence-electron chi connectivity index (χ0n) is 9.89. The van der Waals surface area contributed by atoms with Crippen LogP contribution in [0.5, 0.6) is 0 Å². The van der Waals surface area contributed by atoms with Gasteiger partial charge in [0.15, 0.2) is 0 Å². The van der Waals surface area contributed by atoms with E-state index in [0.717, 1.165) is 17.8 Å². The molecule has 2 nitrogen and oxygen atoms in total. The van der Waals surface area contributed by atoms with Gasteiger partial charge in [0.1, 0.15) is 6.61 Å². The average molecular weight is 302 g/mol. The topological polar surface area (TPSA) is 21.3 Å². The molecule has 1 unspecified atom stereocenters. The first kappa shape index (κ1) is 15.8. The van der Waals surface area contributed by atoms with Crippen molar-refractivity contribution in [2.75, 3.05) is 19.8 Å². The number of hydrogen-bond donors (Lipinski definition) is 1. The lowest BCUT2D eigenvalue weighted by Gasteiger charge is -2.17. The molecule has 0 aliphatic heterocycles. The highest BCUT2D eigenvalue weighted by atomic mass is 35.5. The maximum Gasteiger partial charge on any atom is 0.411 e. The van der Waals surface area contributed by atoms with Crippen LogP contribution in [0.25, 0.3) is 0 Å². The lowest BCUT2D eigenvalue weighted by Crippen LogP contribution is -2.28. The summed E-state index contributed by atoms with van der Waals surface area (Å²) in [6.45, 7) is 1.46. The molecule has 0 bridgehead atoms. The normalized spacial score (nSPS) is 13.8. The Hall–Kier alpha value is -0.300. The van der Waals surface area contributed by atoms with Crippen LogP contribution < -0.4 is 5.32 Å². The van der Waals surface area contributed by atoms with E-state index in [0.29, 0.717) is 4.34 Å². The van der Waals surface area contributed by atoms with Crippen LogP contribution >= 0.6 is 22.9 Å². The number of nitrogens with one attached hydrogen (secondary N) is 1. The van der Waals surface area contributed by atoms with E-state index >= 15 is 0 Å². The molecule has 1 heterocycles. The Bertz CT molecular complexity index is 356. The maximum atomic E-state index is 12.0. The van der Waals surface area contributed by atoms with Gasteiger partial charge in [0, 0.05) is 4.88 Å². The summed E-state index contributed by atoms with van der Waals surface area (Å²) in [6.07, 6.45) is -3.39. The molecule has 0 spiro atoms. The summed E-state index contributed by atoms with van der Waals surface area (Å²) in [5.74, 6) is 0. The van der Waals surface area contributed by atoms with Crippen molar-refractivity contribution in [1.82, 2.24) is 5.32 Å². The van der Waals surface area contributed by atoms with E-state index in [1.54, 1.807) is 12.1 Å². The molecule has 104 valence electrons. The molecule has 1 aromatic rings. The molecule has 0 aliphatic carbocycles. The van der Waals surface area contributed by atoms with Crippen molar-refractivity contribution >= 4 is 22.9 Å². The SMILES string of the molecule is CCCNC(COCC(F)(F)F)c1ccc(Cl)s1. The molecule has 0 aliphatic rings. The molecule has 0 radical (unpaired) electrons. The van der Waals surface area contributed by atoms with Gasteiger partial charge in [0.2, 0.25) is 0 Å². The van der Waals surface area contributed by atoms with Crippen molar-refractivity contribution in [3.63, 3.8) is 0 Å². The third-order valence-corrected chi connectivity index (χ3v) is 3.47. The highest BCUT2D eigenvalue weighted by Gasteiger charge is 2.28. The first-order chi connectivity index (χ1) is 8.42. The highest BCUT2D eigenvalue weighted by Crippen LogP contribution is 2.27. The Kier molecular flexibility index (Phi) is 6.42. The summed E-state index contributed by atoms with van der Waals surface area (Å²) in [5.41, 5.74) is 0. The summed E-state index contributed by atoms with van der Waals surface area (Å²) in [4.78, 5) is 0.885. The Morgan fingerprint density at radius 3 is 2.67 bits per heavy atom. The fourth-order valence-corrected chi connectivity index (χ4v) is 2.49. The average Bonchev–Trinajstić information content (AvgIpc) is 2.68. The lowest BCUT2D eigenvalue weighted by molar-refractivity contribution is -0.175. The standard InChI is InChI=1S/C11H15ClF3NOS/c1-2-5-16-8(6-17-7-11(13,14)15)9-3-4-10(12)18-9/h3-4,8,16H,2,5-7H2,1H3. The summed E-state index contributed by atoms with van der Waals surface area (Å²) in [5, 5.41) is 3.14. The van der Waals surface area contributed by atoms with Gasteiger partial charge in [-0.05, 0) is 25.1 Å². The number of hydrogen-bond acceptors (Lipinski definition) is 3. The monoisotopic (exact) mass is 301 g/mol. The quantitative estimate of drug-likeness (QED) is 0.821. The van der Waals surface area contributed by atoms with Gasteiger partial charge in [0.25, 0.3) is 0 Å². The van der Waals surface area contributed by atoms with E-state index < -0.39 is 12.8 Å². The van der Waals surface area contributed by atoms with Crippen LogP contribution in [0, 0.1) is 0 Å². The molecule has 0 aromatic carbocycles. The van der Waals surface area contributed by atoms with Crippen molar-refractivity contribution in [3.8, 4) is 0 Å². The smallest absolute Gasteiger partial charge is 0.370 e. The third kappa shape index (κ3) is 6.04. The first-order valence-electron chi connectivity index (χ1n) is 5.55. The molecule has 0 saturated carbocycles. The highest BCUT2D eigenvalue weighted by molar-refractivity contribution is 7.16. The Morgan fingerprint density at radius 2 is 2.17 bits per heavy atom. The van der Waals surface area contributed by atoms with Crippen LogP contribution in [0.2, 0.25) is 4.34 Å². The van der Waals surface area contributed by atoms with Crippen molar-refractivity contribution in [3.05, 3.63) is 21.3 Å². The predicted octanol–water partition coefficient (Wildman–Crippen LogP) is 4.02. The number of rotatable bonds is 7. The van der Waals surface area contributed by atoms with Crippen molar-refractivity contribution in [2.45, 2.75) is 25.6 Å². The lowest BCUT2D eigenvalue weighted by atomic mass is 10.2. The predicted molar refractivity (Wildman–Crippen MR) is 67.2 cm³/mol. The second kappa shape index (κ2) is 7.33. The summed E-state index contributed by atoms with van der Waals surface area (Å²) < 4.78 is 41.3. The fourth-order valence-electron chi connectivity index (χ4n) is 1.37. The van der Waals surface area contributed by atoms with Crippen LogP contribution in [0.15, 0.2) is 12.1 Å². The molecule has 0 fully saturated rings. The number of alkyl halides is 3. The zero-order valence-corrected chi connectivity index (χ0v) is 11.5. The first-order valence-corrected chi connectivity index (χ1v) is 6.75. The van der Waals surface area contributed by atoms with Gasteiger partial charge in [-0.3, -0.25) is 0 Å². The number of halogens is 4. The van der Waals surface area contributed by atoms with Gasteiger partial charge in [-0.25, -0.2) is 0 Å². The van der Waals surface area contributed by atoms with E-state index in [9.17, 15) is 13.2 Å². The molecule has 0 saturated heterocycles. The van der Waals surface area contributed by atoms with Crippen molar-refractivity contribution in [2.24, 2.45) is 0 Å². The van der Waals surface area contributed by atoms with E-state index in [4.69, 9.17) is 16.3 Å². The Morgan fingerprint density at radius 1 is 1.44 bits per heavy atom. The molecule has 7 heteroatoms. The minimum atomic E-state index is -4.29. The molecule has 1 atom stereocenters. The van der Waals surface area contributed by atoms with Crippen LogP contribution in [-0.2, 0) is 4.74 Å². The van der Waals surface area contributed by atoms with Gasteiger partial charge >= 0.3 is 6.18 Å². The zero-order chi connectivity index (χ0) is 13.6. The molecular formula is C11H15ClF3NOS. The second-order valence-electron chi connectivity index (χ2n) is 3.78. The minimum Gasteiger partial charge on any atom is -0.370 e. The number of thiophene rings is 1. The molecule has 0 amide bonds. The fraction of sp³-hybridized carbons (Fsp3) is 0.636. The van der Waals surface area contributed by atoms with Crippen molar-refractivity contribution < 1.29 is 17.9 Å². The maximum absolute atomic E-state index is 12.0. The molecule has 18 heavy (non-hydrogen) atoms. The molecule has 1 N–H and O–H groups in total. The Labute approximate surface area is 113 Å². The minimum absolute atomic E-state index is 0.0175. The van der Waals surface area contributed by atoms with E-state index in [2.05, 4.69) is 5.32 Å². The molecule has 1 rings (SSSR count). The van der Waals surface area contributed by atoms with Crippen LogP contribution in [0.1, 0.15) is 24.3 Å². The van der Waals surface area contributed by atoms with Crippen LogP contribution in [0.3, 0.4) is 0 Å². The Balaban J connectivity index is 2.51. The summed E-state index contributed by atoms with van der Waals surface area (Å²) in [7, 11) is 0. The van der Waals surface area contributed by atoms with Crippen LogP contribution in [0.4, 0.5) is 13.2 Å². The summed E-state index contributed by atoms with van der Waals surface area (Å²) >= 11 is 7.16. The van der Waals surface area contributed by atoms with E-state index in [1.165, 1.54) is 11.3 Å². The number of ether oxygens (including phenoxy) is 1. The second-order valence-corrected chi connectivity index (χ2v) is 5.53. The van der Waals surface area contributed by atoms with Crippen molar-refractivity contribution in [1.29, 1.82) is 0 Å². The van der Waals surface area contributed by atoms with Gasteiger partial charge in [-0.15, -0.1) is 11.3 Å².